The number of amides is 1. The van der Waals surface area contributed by atoms with Crippen LogP contribution in [-0.2, 0) is 24.2 Å². The number of nitrogens with zero attached hydrogens (tertiary/aromatic N) is 2. The summed E-state index contributed by atoms with van der Waals surface area (Å²) in [4.78, 5) is 15.8. The standard InChI is InChI=1S/C23H29N3O3S/c1-5-29-19-9-7-16(11-20(19)28-4)13-26(3)14-22(27)25-23-18(12-24)17-8-6-15(2)10-21(17)30-23/h7,9,11,15H,5-6,8,10,13-14H2,1-4H3,(H,25,27)/t15-/m1/s1. The van der Waals surface area contributed by atoms with Gasteiger partial charge in [-0.2, -0.15) is 5.26 Å². The van der Waals surface area contributed by atoms with E-state index in [9.17, 15) is 10.1 Å². The van der Waals surface area contributed by atoms with Crippen LogP contribution in [0.25, 0.3) is 0 Å². The van der Waals surface area contributed by atoms with Crippen LogP contribution in [0.1, 0.15) is 41.8 Å². The summed E-state index contributed by atoms with van der Waals surface area (Å²) in [6.07, 6.45) is 3.01. The first kappa shape index (κ1) is 22.1. The van der Waals surface area contributed by atoms with E-state index >= 15 is 0 Å². The normalized spacial score (nSPS) is 15.4. The number of ether oxygens (including phenoxy) is 2. The second-order valence-corrected chi connectivity index (χ2v) is 8.91. The van der Waals surface area contributed by atoms with Gasteiger partial charge in [-0.05, 0) is 62.4 Å². The van der Waals surface area contributed by atoms with E-state index in [1.54, 1.807) is 18.4 Å². The lowest BCUT2D eigenvalue weighted by Crippen LogP contribution is -2.29. The third-order valence-electron chi connectivity index (χ3n) is 5.27. The zero-order valence-corrected chi connectivity index (χ0v) is 18.9. The van der Waals surface area contributed by atoms with E-state index in [0.717, 1.165) is 30.4 Å². The van der Waals surface area contributed by atoms with E-state index in [4.69, 9.17) is 9.47 Å². The first-order valence-corrected chi connectivity index (χ1v) is 11.1. The van der Waals surface area contributed by atoms with Gasteiger partial charge >= 0.3 is 0 Å². The molecule has 1 atom stereocenters. The topological polar surface area (TPSA) is 74.6 Å². The van der Waals surface area contributed by atoms with Crippen molar-refractivity contribution >= 4 is 22.2 Å². The number of carbonyl (C=O) groups is 1. The van der Waals surface area contributed by atoms with E-state index in [0.29, 0.717) is 41.1 Å². The molecule has 3 rings (SSSR count). The Morgan fingerprint density at radius 2 is 2.20 bits per heavy atom. The van der Waals surface area contributed by atoms with E-state index in [2.05, 4.69) is 18.3 Å². The van der Waals surface area contributed by atoms with Gasteiger partial charge in [-0.3, -0.25) is 9.69 Å². The predicted molar refractivity (Wildman–Crippen MR) is 119 cm³/mol. The Balaban J connectivity index is 1.62. The minimum absolute atomic E-state index is 0.112. The molecule has 0 fully saturated rings. The zero-order valence-electron chi connectivity index (χ0n) is 18.1. The van der Waals surface area contributed by atoms with Gasteiger partial charge in [0.2, 0.25) is 5.91 Å². The lowest BCUT2D eigenvalue weighted by atomic mass is 9.89. The lowest BCUT2D eigenvalue weighted by molar-refractivity contribution is -0.117. The second kappa shape index (κ2) is 9.96. The number of benzene rings is 1. The number of likely N-dealkylation sites (N-methyl/N-ethyl adjacent to an activating group) is 1. The molecule has 30 heavy (non-hydrogen) atoms. The van der Waals surface area contributed by atoms with E-state index < -0.39 is 0 Å². The number of hydrogen-bond acceptors (Lipinski definition) is 6. The molecule has 7 heteroatoms. The highest BCUT2D eigenvalue weighted by atomic mass is 32.1. The molecular formula is C23H29N3O3S. The molecule has 1 aliphatic rings. The summed E-state index contributed by atoms with van der Waals surface area (Å²) in [6, 6.07) is 8.10. The molecule has 0 spiro atoms. The number of thiophene rings is 1. The lowest BCUT2D eigenvalue weighted by Gasteiger charge is -2.17. The molecule has 1 amide bonds. The summed E-state index contributed by atoms with van der Waals surface area (Å²) in [6.45, 7) is 5.57. The zero-order chi connectivity index (χ0) is 21.7. The molecule has 1 N–H and O–H groups in total. The molecule has 2 aromatic rings. The maximum absolute atomic E-state index is 12.6. The van der Waals surface area contributed by atoms with Crippen molar-refractivity contribution in [3.63, 3.8) is 0 Å². The maximum Gasteiger partial charge on any atom is 0.239 e. The summed E-state index contributed by atoms with van der Waals surface area (Å²) in [7, 11) is 3.52. The maximum atomic E-state index is 12.6. The van der Waals surface area contributed by atoms with Crippen molar-refractivity contribution in [3.05, 3.63) is 39.8 Å². The molecule has 0 bridgehead atoms. The van der Waals surface area contributed by atoms with Gasteiger partial charge in [-0.25, -0.2) is 0 Å². The van der Waals surface area contributed by atoms with Gasteiger partial charge < -0.3 is 14.8 Å². The largest absolute Gasteiger partial charge is 0.493 e. The Morgan fingerprint density at radius 1 is 1.40 bits per heavy atom. The molecule has 0 saturated carbocycles. The fourth-order valence-corrected chi connectivity index (χ4v) is 5.20. The highest BCUT2D eigenvalue weighted by Gasteiger charge is 2.24. The van der Waals surface area contributed by atoms with Crippen LogP contribution in [-0.4, -0.2) is 38.1 Å². The number of nitriles is 1. The van der Waals surface area contributed by atoms with Crippen LogP contribution in [0, 0.1) is 17.2 Å². The third kappa shape index (κ3) is 5.13. The molecule has 160 valence electrons. The molecule has 1 aliphatic carbocycles. The Bertz CT molecular complexity index is 948. The van der Waals surface area contributed by atoms with Crippen LogP contribution in [0.2, 0.25) is 0 Å². The Kier molecular flexibility index (Phi) is 7.35. The van der Waals surface area contributed by atoms with Gasteiger partial charge in [-0.15, -0.1) is 11.3 Å². The van der Waals surface area contributed by atoms with Crippen LogP contribution >= 0.6 is 11.3 Å². The van der Waals surface area contributed by atoms with Crippen molar-refractivity contribution in [3.8, 4) is 17.6 Å². The summed E-state index contributed by atoms with van der Waals surface area (Å²) in [5.41, 5.74) is 2.81. The first-order valence-electron chi connectivity index (χ1n) is 10.3. The number of anilines is 1. The molecule has 0 saturated heterocycles. The predicted octanol–water partition coefficient (Wildman–Crippen LogP) is 4.22. The summed E-state index contributed by atoms with van der Waals surface area (Å²) >= 11 is 1.56. The van der Waals surface area contributed by atoms with Crippen molar-refractivity contribution < 1.29 is 14.3 Å². The van der Waals surface area contributed by atoms with E-state index in [1.807, 2.05) is 37.1 Å². The molecule has 1 heterocycles. The summed E-state index contributed by atoms with van der Waals surface area (Å²) in [5, 5.41) is 13.3. The molecule has 0 unspecified atom stereocenters. The molecule has 1 aromatic heterocycles. The van der Waals surface area contributed by atoms with Gasteiger partial charge in [0, 0.05) is 11.4 Å². The average molecular weight is 428 g/mol. The quantitative estimate of drug-likeness (QED) is 0.683. The number of carbonyl (C=O) groups excluding carboxylic acids is 1. The smallest absolute Gasteiger partial charge is 0.239 e. The van der Waals surface area contributed by atoms with Crippen molar-refractivity contribution in [2.75, 3.05) is 32.6 Å². The molecule has 6 nitrogen and oxygen atoms in total. The minimum Gasteiger partial charge on any atom is -0.493 e. The van der Waals surface area contributed by atoms with E-state index in [-0.39, 0.29) is 12.5 Å². The van der Waals surface area contributed by atoms with Crippen LogP contribution < -0.4 is 14.8 Å². The highest BCUT2D eigenvalue weighted by molar-refractivity contribution is 7.16. The van der Waals surface area contributed by atoms with Crippen molar-refractivity contribution in [2.45, 2.75) is 39.7 Å². The Hall–Kier alpha value is -2.56. The van der Waals surface area contributed by atoms with E-state index in [1.165, 1.54) is 4.88 Å². The van der Waals surface area contributed by atoms with Crippen LogP contribution in [0.3, 0.4) is 0 Å². The van der Waals surface area contributed by atoms with Crippen molar-refractivity contribution in [2.24, 2.45) is 5.92 Å². The Labute approximate surface area is 182 Å². The summed E-state index contributed by atoms with van der Waals surface area (Å²) in [5.74, 6) is 1.91. The SMILES string of the molecule is CCOc1ccc(CN(C)CC(=O)Nc2sc3c(c2C#N)CC[C@@H](C)C3)cc1OC. The molecule has 0 radical (unpaired) electrons. The van der Waals surface area contributed by atoms with Gasteiger partial charge in [0.15, 0.2) is 11.5 Å². The highest BCUT2D eigenvalue weighted by Crippen LogP contribution is 2.39. The van der Waals surface area contributed by atoms with Gasteiger partial charge in [0.1, 0.15) is 11.1 Å². The molecule has 0 aliphatic heterocycles. The number of methoxy groups -OCH3 is 1. The molecular weight excluding hydrogens is 398 g/mol. The molecule has 1 aromatic carbocycles. The first-order chi connectivity index (χ1) is 14.4. The minimum atomic E-state index is -0.112. The number of hydrogen-bond donors (Lipinski definition) is 1. The fourth-order valence-electron chi connectivity index (χ4n) is 3.82. The fraction of sp³-hybridized carbons (Fsp3) is 0.478. The van der Waals surface area contributed by atoms with Crippen LogP contribution in [0.15, 0.2) is 18.2 Å². The second-order valence-electron chi connectivity index (χ2n) is 7.81. The van der Waals surface area contributed by atoms with Crippen molar-refractivity contribution in [1.82, 2.24) is 4.90 Å². The average Bonchev–Trinajstić information content (AvgIpc) is 3.04. The Morgan fingerprint density at radius 3 is 2.90 bits per heavy atom. The third-order valence-corrected chi connectivity index (χ3v) is 6.44. The van der Waals surface area contributed by atoms with Gasteiger partial charge in [0.05, 0.1) is 25.8 Å². The number of nitrogens with one attached hydrogen (secondary N) is 1. The monoisotopic (exact) mass is 427 g/mol. The van der Waals surface area contributed by atoms with Crippen LogP contribution in [0.4, 0.5) is 5.00 Å². The number of rotatable bonds is 8. The van der Waals surface area contributed by atoms with Gasteiger partial charge in [-0.1, -0.05) is 13.0 Å². The summed E-state index contributed by atoms with van der Waals surface area (Å²) < 4.78 is 11.0. The van der Waals surface area contributed by atoms with Gasteiger partial charge in [0.25, 0.3) is 0 Å². The number of fused-ring (bicyclic) bond motifs is 1. The van der Waals surface area contributed by atoms with Crippen LogP contribution in [0.5, 0.6) is 11.5 Å². The van der Waals surface area contributed by atoms with Crippen molar-refractivity contribution in [1.29, 1.82) is 5.26 Å².